The van der Waals surface area contributed by atoms with E-state index in [0.717, 1.165) is 18.4 Å². The first-order valence-electron chi connectivity index (χ1n) is 6.94. The SMILES string of the molecule is O=[N+]([O-])c1ccc(NC(=S)NCCCc2ccc(F)cc2)nc1. The zero-order chi connectivity index (χ0) is 16.7. The molecule has 23 heavy (non-hydrogen) atoms. The second-order valence-electron chi connectivity index (χ2n) is 4.77. The van der Waals surface area contributed by atoms with Crippen molar-refractivity contribution in [3.63, 3.8) is 0 Å². The maximum Gasteiger partial charge on any atom is 0.287 e. The first-order valence-corrected chi connectivity index (χ1v) is 7.35. The maximum absolute atomic E-state index is 12.8. The highest BCUT2D eigenvalue weighted by molar-refractivity contribution is 7.80. The predicted octanol–water partition coefficient (Wildman–Crippen LogP) is 3.05. The van der Waals surface area contributed by atoms with Crippen molar-refractivity contribution >= 4 is 28.8 Å². The van der Waals surface area contributed by atoms with Gasteiger partial charge in [-0.15, -0.1) is 0 Å². The Morgan fingerprint density at radius 1 is 1.26 bits per heavy atom. The Morgan fingerprint density at radius 2 is 2.00 bits per heavy atom. The average molecular weight is 334 g/mol. The van der Waals surface area contributed by atoms with Crippen LogP contribution in [0.25, 0.3) is 0 Å². The Kier molecular flexibility index (Phi) is 5.93. The predicted molar refractivity (Wildman–Crippen MR) is 89.8 cm³/mol. The lowest BCUT2D eigenvalue weighted by Gasteiger charge is -2.09. The summed E-state index contributed by atoms with van der Waals surface area (Å²) in [4.78, 5) is 13.9. The molecule has 0 aliphatic heterocycles. The van der Waals surface area contributed by atoms with Gasteiger partial charge in [-0.3, -0.25) is 10.1 Å². The van der Waals surface area contributed by atoms with Gasteiger partial charge in [0.05, 0.1) is 4.92 Å². The number of halogens is 1. The van der Waals surface area contributed by atoms with Crippen molar-refractivity contribution in [1.29, 1.82) is 0 Å². The summed E-state index contributed by atoms with van der Waals surface area (Å²) in [6, 6.07) is 9.24. The number of hydrogen-bond acceptors (Lipinski definition) is 4. The number of nitrogens with one attached hydrogen (secondary N) is 2. The summed E-state index contributed by atoms with van der Waals surface area (Å²) < 4.78 is 12.8. The summed E-state index contributed by atoms with van der Waals surface area (Å²) in [5.74, 6) is 0.194. The topological polar surface area (TPSA) is 80.1 Å². The normalized spacial score (nSPS) is 10.1. The monoisotopic (exact) mass is 334 g/mol. The molecular formula is C15H15FN4O2S. The van der Waals surface area contributed by atoms with Gasteiger partial charge < -0.3 is 10.6 Å². The van der Waals surface area contributed by atoms with Gasteiger partial charge in [-0.2, -0.15) is 0 Å². The minimum absolute atomic E-state index is 0.0753. The van der Waals surface area contributed by atoms with Crippen LogP contribution >= 0.6 is 12.2 Å². The minimum atomic E-state index is -0.511. The van der Waals surface area contributed by atoms with Crippen molar-refractivity contribution in [1.82, 2.24) is 10.3 Å². The number of thiocarbonyl (C=S) groups is 1. The maximum atomic E-state index is 12.8. The molecule has 0 radical (unpaired) electrons. The second-order valence-corrected chi connectivity index (χ2v) is 5.18. The number of aryl methyl sites for hydroxylation is 1. The molecule has 2 N–H and O–H groups in total. The molecular weight excluding hydrogens is 319 g/mol. The second kappa shape index (κ2) is 8.14. The molecule has 0 saturated heterocycles. The van der Waals surface area contributed by atoms with Crippen molar-refractivity contribution in [3.8, 4) is 0 Å². The Bertz CT molecular complexity index is 677. The van der Waals surface area contributed by atoms with Gasteiger partial charge in [0, 0.05) is 12.6 Å². The Morgan fingerprint density at radius 3 is 2.61 bits per heavy atom. The summed E-state index contributed by atoms with van der Waals surface area (Å²) in [6.07, 6.45) is 2.81. The third kappa shape index (κ3) is 5.59. The van der Waals surface area contributed by atoms with Crippen LogP contribution in [-0.2, 0) is 6.42 Å². The van der Waals surface area contributed by atoms with Crippen LogP contribution in [0.15, 0.2) is 42.6 Å². The van der Waals surface area contributed by atoms with Crippen LogP contribution < -0.4 is 10.6 Å². The average Bonchev–Trinajstić information content (AvgIpc) is 2.54. The fourth-order valence-corrected chi connectivity index (χ4v) is 2.08. The first-order chi connectivity index (χ1) is 11.0. The molecule has 0 saturated carbocycles. The molecule has 6 nitrogen and oxygen atoms in total. The zero-order valence-corrected chi connectivity index (χ0v) is 13.0. The van der Waals surface area contributed by atoms with Gasteiger partial charge in [0.25, 0.3) is 5.69 Å². The van der Waals surface area contributed by atoms with Crippen molar-refractivity contribution < 1.29 is 9.31 Å². The Labute approximate surface area is 137 Å². The molecule has 8 heteroatoms. The van der Waals surface area contributed by atoms with E-state index < -0.39 is 4.92 Å². The van der Waals surface area contributed by atoms with Gasteiger partial charge in [0.2, 0.25) is 0 Å². The minimum Gasteiger partial charge on any atom is -0.362 e. The first kappa shape index (κ1) is 16.8. The highest BCUT2D eigenvalue weighted by Gasteiger charge is 2.05. The summed E-state index contributed by atoms with van der Waals surface area (Å²) in [5, 5.41) is 16.8. The molecule has 2 aromatic rings. The highest BCUT2D eigenvalue weighted by atomic mass is 32.1. The van der Waals surface area contributed by atoms with Gasteiger partial charge in [0.1, 0.15) is 17.8 Å². The summed E-state index contributed by atoms with van der Waals surface area (Å²) in [5.41, 5.74) is 0.984. The summed E-state index contributed by atoms with van der Waals surface area (Å²) >= 11 is 5.12. The number of nitro groups is 1. The van der Waals surface area contributed by atoms with Crippen LogP contribution in [0.1, 0.15) is 12.0 Å². The van der Waals surface area contributed by atoms with Crippen LogP contribution in [0.3, 0.4) is 0 Å². The van der Waals surface area contributed by atoms with Crippen LogP contribution in [0, 0.1) is 15.9 Å². The number of pyridine rings is 1. The zero-order valence-electron chi connectivity index (χ0n) is 12.2. The molecule has 2 rings (SSSR count). The fourth-order valence-electron chi connectivity index (χ4n) is 1.87. The molecule has 0 atom stereocenters. The van der Waals surface area contributed by atoms with E-state index in [2.05, 4.69) is 15.6 Å². The van der Waals surface area contributed by atoms with E-state index >= 15 is 0 Å². The van der Waals surface area contributed by atoms with Crippen LogP contribution in [0.2, 0.25) is 0 Å². The summed E-state index contributed by atoms with van der Waals surface area (Å²) in [7, 11) is 0. The molecule has 0 unspecified atom stereocenters. The largest absolute Gasteiger partial charge is 0.362 e. The molecule has 120 valence electrons. The van der Waals surface area contributed by atoms with Crippen LogP contribution in [0.4, 0.5) is 15.9 Å². The van der Waals surface area contributed by atoms with Crippen molar-refractivity contribution in [2.24, 2.45) is 0 Å². The van der Waals surface area contributed by atoms with Crippen molar-refractivity contribution in [2.75, 3.05) is 11.9 Å². The number of anilines is 1. The molecule has 0 amide bonds. The van der Waals surface area contributed by atoms with E-state index in [-0.39, 0.29) is 11.5 Å². The van der Waals surface area contributed by atoms with Crippen LogP contribution in [-0.4, -0.2) is 21.6 Å². The molecule has 0 aliphatic rings. The number of nitrogens with zero attached hydrogens (tertiary/aromatic N) is 2. The van der Waals surface area contributed by atoms with Crippen molar-refractivity contribution in [3.05, 3.63) is 64.1 Å². The van der Waals surface area contributed by atoms with Gasteiger partial charge in [-0.05, 0) is 48.8 Å². The van der Waals surface area contributed by atoms with E-state index in [0.29, 0.717) is 17.5 Å². The van der Waals surface area contributed by atoms with E-state index in [1.54, 1.807) is 12.1 Å². The number of benzene rings is 1. The molecule has 1 aromatic heterocycles. The van der Waals surface area contributed by atoms with Gasteiger partial charge >= 0.3 is 0 Å². The van der Waals surface area contributed by atoms with Gasteiger partial charge in [-0.1, -0.05) is 12.1 Å². The molecule has 1 aromatic carbocycles. The lowest BCUT2D eigenvalue weighted by molar-refractivity contribution is -0.385. The van der Waals surface area contributed by atoms with E-state index in [1.807, 2.05) is 0 Å². The molecule has 1 heterocycles. The van der Waals surface area contributed by atoms with Crippen molar-refractivity contribution in [2.45, 2.75) is 12.8 Å². The molecule has 0 fully saturated rings. The smallest absolute Gasteiger partial charge is 0.287 e. The highest BCUT2D eigenvalue weighted by Crippen LogP contribution is 2.11. The third-order valence-electron chi connectivity index (χ3n) is 3.04. The fraction of sp³-hybridized carbons (Fsp3) is 0.200. The van der Waals surface area contributed by atoms with E-state index in [1.165, 1.54) is 30.5 Å². The third-order valence-corrected chi connectivity index (χ3v) is 3.29. The number of rotatable bonds is 6. The van der Waals surface area contributed by atoms with E-state index in [4.69, 9.17) is 12.2 Å². The molecule has 0 spiro atoms. The summed E-state index contributed by atoms with van der Waals surface area (Å²) in [6.45, 7) is 0.649. The lowest BCUT2D eigenvalue weighted by atomic mass is 10.1. The number of hydrogen-bond donors (Lipinski definition) is 2. The van der Waals surface area contributed by atoms with Gasteiger partial charge in [-0.25, -0.2) is 9.37 Å². The van der Waals surface area contributed by atoms with Crippen LogP contribution in [0.5, 0.6) is 0 Å². The molecule has 0 aliphatic carbocycles. The Hall–Kier alpha value is -2.61. The van der Waals surface area contributed by atoms with E-state index in [9.17, 15) is 14.5 Å². The standard InChI is InChI=1S/C15H15FN4O2S/c16-12-5-3-11(4-6-12)2-1-9-17-15(23)19-14-8-7-13(10-18-14)20(21)22/h3-8,10H,1-2,9H2,(H2,17,18,19,23). The number of aromatic nitrogens is 1. The Balaban J connectivity index is 1.70. The quantitative estimate of drug-likeness (QED) is 0.366. The lowest BCUT2D eigenvalue weighted by Crippen LogP contribution is -2.29. The molecule has 0 bridgehead atoms. The van der Waals surface area contributed by atoms with Gasteiger partial charge in [0.15, 0.2) is 5.11 Å².